The van der Waals surface area contributed by atoms with Gasteiger partial charge in [-0.15, -0.1) is 0 Å². The molecule has 5 heteroatoms. The van der Waals surface area contributed by atoms with Crippen LogP contribution in [0.1, 0.15) is 13.8 Å². The Morgan fingerprint density at radius 3 is 2.89 bits per heavy atom. The quantitative estimate of drug-likeness (QED) is 0.866. The predicted octanol–water partition coefficient (Wildman–Crippen LogP) is 0.937. The van der Waals surface area contributed by atoms with E-state index in [1.165, 1.54) is 4.90 Å². The van der Waals surface area contributed by atoms with Gasteiger partial charge in [-0.3, -0.25) is 14.5 Å². The van der Waals surface area contributed by atoms with Crippen molar-refractivity contribution in [3.63, 3.8) is 0 Å². The number of amides is 2. The van der Waals surface area contributed by atoms with Crippen molar-refractivity contribution in [3.8, 4) is 5.75 Å². The lowest BCUT2D eigenvalue weighted by Gasteiger charge is -2.32. The number of benzene rings is 1. The monoisotopic (exact) mass is 248 g/mol. The molecule has 0 saturated heterocycles. The molecular formula is C13H16N2O3. The van der Waals surface area contributed by atoms with Gasteiger partial charge in [0.2, 0.25) is 5.91 Å². The second-order valence-electron chi connectivity index (χ2n) is 4.11. The molecule has 1 aliphatic heterocycles. The standard InChI is InChI=1S/C13H16N2O3/c1-3-14-12(16)8-15-10-6-4-5-7-11(10)18-9(2)13(15)17/h4-7,9H,3,8H2,1-2H3,(H,14,16)/t9-/m1/s1. The number of nitrogens with one attached hydrogen (secondary N) is 1. The van der Waals surface area contributed by atoms with Crippen molar-refractivity contribution in [1.82, 2.24) is 5.32 Å². The number of anilines is 1. The van der Waals surface area contributed by atoms with Crippen LogP contribution in [0.25, 0.3) is 0 Å². The van der Waals surface area contributed by atoms with Crippen molar-refractivity contribution < 1.29 is 14.3 Å². The Balaban J connectivity index is 2.27. The maximum absolute atomic E-state index is 12.0. The third-order valence-corrected chi connectivity index (χ3v) is 2.75. The van der Waals surface area contributed by atoms with Crippen LogP contribution in [0, 0.1) is 0 Å². The SMILES string of the molecule is CCNC(=O)CN1C(=O)[C@@H](C)Oc2ccccc21. The molecule has 0 saturated carbocycles. The first-order chi connectivity index (χ1) is 8.63. The van der Waals surface area contributed by atoms with E-state index >= 15 is 0 Å². The fourth-order valence-corrected chi connectivity index (χ4v) is 1.92. The summed E-state index contributed by atoms with van der Waals surface area (Å²) in [5.41, 5.74) is 0.645. The molecule has 1 aromatic rings. The van der Waals surface area contributed by atoms with Crippen molar-refractivity contribution in [3.05, 3.63) is 24.3 Å². The lowest BCUT2D eigenvalue weighted by atomic mass is 10.2. The lowest BCUT2D eigenvalue weighted by molar-refractivity contribution is -0.128. The number of nitrogens with zero attached hydrogens (tertiary/aromatic N) is 1. The molecule has 5 nitrogen and oxygen atoms in total. The molecule has 0 aliphatic carbocycles. The number of fused-ring (bicyclic) bond motifs is 1. The van der Waals surface area contributed by atoms with Crippen molar-refractivity contribution in [2.75, 3.05) is 18.0 Å². The summed E-state index contributed by atoms with van der Waals surface area (Å²) in [6, 6.07) is 7.23. The molecule has 0 unspecified atom stereocenters. The summed E-state index contributed by atoms with van der Waals surface area (Å²) in [4.78, 5) is 25.1. The Labute approximate surface area is 106 Å². The molecule has 96 valence electrons. The minimum Gasteiger partial charge on any atom is -0.479 e. The van der Waals surface area contributed by atoms with Gasteiger partial charge >= 0.3 is 0 Å². The first kappa shape index (κ1) is 12.4. The second-order valence-corrected chi connectivity index (χ2v) is 4.11. The van der Waals surface area contributed by atoms with Crippen LogP contribution in [-0.4, -0.2) is 31.0 Å². The van der Waals surface area contributed by atoms with Gasteiger partial charge in [-0.25, -0.2) is 0 Å². The molecule has 1 aromatic carbocycles. The Kier molecular flexibility index (Phi) is 3.50. The fraction of sp³-hybridized carbons (Fsp3) is 0.385. The Hall–Kier alpha value is -2.04. The van der Waals surface area contributed by atoms with Crippen LogP contribution in [0.2, 0.25) is 0 Å². The predicted molar refractivity (Wildman–Crippen MR) is 67.6 cm³/mol. The van der Waals surface area contributed by atoms with Gasteiger partial charge in [0.05, 0.1) is 5.69 Å². The molecule has 18 heavy (non-hydrogen) atoms. The van der Waals surface area contributed by atoms with Crippen LogP contribution in [0.3, 0.4) is 0 Å². The average Bonchev–Trinajstić information content (AvgIpc) is 2.35. The molecule has 2 amide bonds. The van der Waals surface area contributed by atoms with E-state index in [-0.39, 0.29) is 18.4 Å². The van der Waals surface area contributed by atoms with Gasteiger partial charge in [-0.1, -0.05) is 12.1 Å². The number of hydrogen-bond donors (Lipinski definition) is 1. The van der Waals surface area contributed by atoms with Gasteiger partial charge in [0, 0.05) is 6.54 Å². The largest absolute Gasteiger partial charge is 0.479 e. The Morgan fingerprint density at radius 2 is 2.17 bits per heavy atom. The highest BCUT2D eigenvalue weighted by atomic mass is 16.5. The molecule has 0 aromatic heterocycles. The van der Waals surface area contributed by atoms with Crippen LogP contribution in [0.5, 0.6) is 5.75 Å². The van der Waals surface area contributed by atoms with Crippen molar-refractivity contribution in [2.45, 2.75) is 20.0 Å². The van der Waals surface area contributed by atoms with E-state index < -0.39 is 6.10 Å². The highest BCUT2D eigenvalue weighted by molar-refractivity contribution is 6.03. The molecule has 0 bridgehead atoms. The van der Waals surface area contributed by atoms with Gasteiger partial charge in [0.15, 0.2) is 6.10 Å². The van der Waals surface area contributed by atoms with Gasteiger partial charge in [-0.05, 0) is 26.0 Å². The minimum atomic E-state index is -0.561. The van der Waals surface area contributed by atoms with Crippen molar-refractivity contribution in [1.29, 1.82) is 0 Å². The summed E-state index contributed by atoms with van der Waals surface area (Å²) in [6.45, 7) is 4.10. The molecule has 0 radical (unpaired) electrons. The molecule has 1 N–H and O–H groups in total. The number of carbonyl (C=O) groups excluding carboxylic acids is 2. The van der Waals surface area contributed by atoms with Gasteiger partial charge in [0.1, 0.15) is 12.3 Å². The highest BCUT2D eigenvalue weighted by Crippen LogP contribution is 2.33. The van der Waals surface area contributed by atoms with E-state index in [2.05, 4.69) is 5.32 Å². The third-order valence-electron chi connectivity index (χ3n) is 2.75. The maximum Gasteiger partial charge on any atom is 0.268 e. The number of para-hydroxylation sites is 2. The zero-order valence-corrected chi connectivity index (χ0v) is 10.5. The number of likely N-dealkylation sites (N-methyl/N-ethyl adjacent to an activating group) is 1. The van der Waals surface area contributed by atoms with E-state index in [1.54, 1.807) is 19.1 Å². The number of rotatable bonds is 3. The summed E-state index contributed by atoms with van der Waals surface area (Å²) in [7, 11) is 0. The average molecular weight is 248 g/mol. The summed E-state index contributed by atoms with van der Waals surface area (Å²) >= 11 is 0. The van der Waals surface area contributed by atoms with E-state index in [0.717, 1.165) is 0 Å². The normalized spacial score (nSPS) is 18.0. The van der Waals surface area contributed by atoms with Gasteiger partial charge in [0.25, 0.3) is 5.91 Å². The number of ether oxygens (including phenoxy) is 1. The van der Waals surface area contributed by atoms with E-state index in [0.29, 0.717) is 18.0 Å². The Bertz CT molecular complexity index is 473. The first-order valence-electron chi connectivity index (χ1n) is 5.97. The zero-order chi connectivity index (χ0) is 13.1. The molecule has 0 spiro atoms. The summed E-state index contributed by atoms with van der Waals surface area (Å²) < 4.78 is 5.49. The second kappa shape index (κ2) is 5.08. The highest BCUT2D eigenvalue weighted by Gasteiger charge is 2.32. The number of hydrogen-bond acceptors (Lipinski definition) is 3. The van der Waals surface area contributed by atoms with Crippen LogP contribution in [-0.2, 0) is 9.59 Å². The molecule has 1 atom stereocenters. The van der Waals surface area contributed by atoms with E-state index in [4.69, 9.17) is 4.74 Å². The van der Waals surface area contributed by atoms with Crippen LogP contribution >= 0.6 is 0 Å². The van der Waals surface area contributed by atoms with Crippen LogP contribution < -0.4 is 15.0 Å². The molecule has 1 heterocycles. The lowest BCUT2D eigenvalue weighted by Crippen LogP contribution is -2.48. The van der Waals surface area contributed by atoms with Crippen LogP contribution in [0.4, 0.5) is 5.69 Å². The third kappa shape index (κ3) is 2.30. The fourth-order valence-electron chi connectivity index (χ4n) is 1.92. The first-order valence-corrected chi connectivity index (χ1v) is 5.97. The van der Waals surface area contributed by atoms with Gasteiger partial charge < -0.3 is 10.1 Å². The molecule has 1 aliphatic rings. The van der Waals surface area contributed by atoms with Crippen molar-refractivity contribution in [2.24, 2.45) is 0 Å². The zero-order valence-electron chi connectivity index (χ0n) is 10.5. The van der Waals surface area contributed by atoms with E-state index in [9.17, 15) is 9.59 Å². The minimum absolute atomic E-state index is 0.0252. The smallest absolute Gasteiger partial charge is 0.268 e. The number of carbonyl (C=O) groups is 2. The summed E-state index contributed by atoms with van der Waals surface area (Å²) in [5.74, 6) is 0.267. The van der Waals surface area contributed by atoms with Crippen LogP contribution in [0.15, 0.2) is 24.3 Å². The molecular weight excluding hydrogens is 232 g/mol. The maximum atomic E-state index is 12.0. The van der Waals surface area contributed by atoms with Crippen molar-refractivity contribution >= 4 is 17.5 Å². The molecule has 2 rings (SSSR count). The molecule has 0 fully saturated rings. The Morgan fingerprint density at radius 1 is 1.44 bits per heavy atom. The summed E-state index contributed by atoms with van der Waals surface area (Å²) in [5, 5.41) is 2.69. The summed E-state index contributed by atoms with van der Waals surface area (Å²) in [6.07, 6.45) is -0.561. The van der Waals surface area contributed by atoms with Gasteiger partial charge in [-0.2, -0.15) is 0 Å². The van der Waals surface area contributed by atoms with E-state index in [1.807, 2.05) is 19.1 Å². The topological polar surface area (TPSA) is 58.6 Å².